The molecule has 6 nitrogen and oxygen atoms in total. The van der Waals surface area contributed by atoms with E-state index in [1.807, 2.05) is 36.8 Å². The highest BCUT2D eigenvalue weighted by molar-refractivity contribution is 5.78. The highest BCUT2D eigenvalue weighted by Gasteiger charge is 2.54. The van der Waals surface area contributed by atoms with Gasteiger partial charge < -0.3 is 15.0 Å². The third-order valence-electron chi connectivity index (χ3n) is 6.55. The Hall–Kier alpha value is -2.10. The molecule has 1 aliphatic heterocycles. The maximum atomic E-state index is 13.1. The zero-order valence-corrected chi connectivity index (χ0v) is 17.5. The summed E-state index contributed by atoms with van der Waals surface area (Å²) in [6, 6.07) is 12.9. The largest absolute Gasteiger partial charge is 0.364 e. The van der Waals surface area contributed by atoms with Crippen molar-refractivity contribution in [3.8, 4) is 6.07 Å². The van der Waals surface area contributed by atoms with E-state index in [0.717, 1.165) is 25.7 Å². The molecule has 1 spiro atoms. The van der Waals surface area contributed by atoms with E-state index in [9.17, 15) is 10.1 Å². The topological polar surface area (TPSA) is 68.6 Å². The fraction of sp³-hybridized carbons (Fsp3) is 0.636. The van der Waals surface area contributed by atoms with Crippen LogP contribution in [0.5, 0.6) is 0 Å². The van der Waals surface area contributed by atoms with Gasteiger partial charge in [-0.1, -0.05) is 30.3 Å². The van der Waals surface area contributed by atoms with Crippen LogP contribution in [0.1, 0.15) is 45.1 Å². The Morgan fingerprint density at radius 3 is 2.39 bits per heavy atom. The fourth-order valence-electron chi connectivity index (χ4n) is 4.85. The van der Waals surface area contributed by atoms with Crippen molar-refractivity contribution in [2.45, 2.75) is 50.6 Å². The Labute approximate surface area is 168 Å². The second kappa shape index (κ2) is 7.73. The summed E-state index contributed by atoms with van der Waals surface area (Å²) in [5, 5.41) is 13.0. The minimum absolute atomic E-state index is 0.0122. The molecule has 2 amide bonds. The van der Waals surface area contributed by atoms with E-state index in [-0.39, 0.29) is 17.1 Å². The van der Waals surface area contributed by atoms with Crippen LogP contribution in [0, 0.1) is 16.7 Å². The van der Waals surface area contributed by atoms with Crippen molar-refractivity contribution in [3.63, 3.8) is 0 Å². The number of ether oxygens (including phenoxy) is 1. The highest BCUT2D eigenvalue weighted by atomic mass is 16.5. The minimum Gasteiger partial charge on any atom is -0.364 e. The number of carbonyl (C=O) groups is 1. The standard InChI is InChI=1S/C22H32N4O2/c1-20(2,14-23)15-25-16-21(26(17-28-4)19(25)27)10-12-22(24-3,13-11-21)18-8-6-5-7-9-18/h5-9,24H,10-13,15-17H2,1-4H3/t21-,22+. The second-order valence-electron chi connectivity index (χ2n) is 8.90. The molecule has 6 heteroatoms. The lowest BCUT2D eigenvalue weighted by atomic mass is 9.69. The third kappa shape index (κ3) is 3.61. The molecular weight excluding hydrogens is 352 g/mol. The van der Waals surface area contributed by atoms with Crippen molar-refractivity contribution >= 4 is 6.03 Å². The van der Waals surface area contributed by atoms with E-state index in [0.29, 0.717) is 19.8 Å². The summed E-state index contributed by atoms with van der Waals surface area (Å²) in [4.78, 5) is 16.8. The SMILES string of the molecule is CN[C@]1(c2ccccc2)CC[C@]2(CC1)CN(CC(C)(C)C#N)C(=O)N2COC. The predicted molar refractivity (Wildman–Crippen MR) is 108 cm³/mol. The Kier molecular flexibility index (Phi) is 5.69. The number of nitrogens with one attached hydrogen (secondary N) is 1. The van der Waals surface area contributed by atoms with E-state index in [4.69, 9.17) is 4.74 Å². The van der Waals surface area contributed by atoms with E-state index < -0.39 is 5.41 Å². The number of hydrogen-bond acceptors (Lipinski definition) is 4. The lowest BCUT2D eigenvalue weighted by Crippen LogP contribution is -2.55. The van der Waals surface area contributed by atoms with E-state index >= 15 is 0 Å². The molecule has 0 unspecified atom stereocenters. The Morgan fingerprint density at radius 1 is 1.21 bits per heavy atom. The lowest BCUT2D eigenvalue weighted by Gasteiger charge is -2.48. The molecule has 1 aromatic carbocycles. The molecule has 2 aliphatic rings. The molecule has 28 heavy (non-hydrogen) atoms. The van der Waals surface area contributed by atoms with Gasteiger partial charge in [-0.05, 0) is 52.1 Å². The van der Waals surface area contributed by atoms with Gasteiger partial charge in [0.2, 0.25) is 0 Å². The van der Waals surface area contributed by atoms with E-state index in [1.54, 1.807) is 7.11 Å². The Bertz CT molecular complexity index is 733. The highest BCUT2D eigenvalue weighted by Crippen LogP contribution is 2.46. The van der Waals surface area contributed by atoms with Crippen LogP contribution in [-0.4, -0.2) is 55.3 Å². The first-order valence-corrected chi connectivity index (χ1v) is 10.0. The smallest absolute Gasteiger partial charge is 0.322 e. The molecule has 3 rings (SSSR count). The summed E-state index contributed by atoms with van der Waals surface area (Å²) < 4.78 is 5.39. The van der Waals surface area contributed by atoms with Crippen molar-refractivity contribution in [2.75, 3.05) is 34.0 Å². The van der Waals surface area contributed by atoms with Crippen LogP contribution in [0.3, 0.4) is 0 Å². The normalized spacial score (nSPS) is 28.0. The van der Waals surface area contributed by atoms with Crippen LogP contribution < -0.4 is 5.32 Å². The predicted octanol–water partition coefficient (Wildman–Crippen LogP) is 3.31. The van der Waals surface area contributed by atoms with Crippen molar-refractivity contribution in [1.29, 1.82) is 5.26 Å². The first kappa shape index (κ1) is 20.6. The van der Waals surface area contributed by atoms with E-state index in [2.05, 4.69) is 35.7 Å². The molecule has 0 bridgehead atoms. The molecule has 1 saturated heterocycles. The minimum atomic E-state index is -0.562. The second-order valence-corrected chi connectivity index (χ2v) is 8.90. The van der Waals surface area contributed by atoms with Crippen molar-refractivity contribution in [2.24, 2.45) is 5.41 Å². The number of nitrogens with zero attached hydrogens (tertiary/aromatic N) is 3. The van der Waals surface area contributed by atoms with Gasteiger partial charge in [-0.25, -0.2) is 4.79 Å². The summed E-state index contributed by atoms with van der Waals surface area (Å²) >= 11 is 0. The number of nitriles is 1. The van der Waals surface area contributed by atoms with Crippen LogP contribution in [0.25, 0.3) is 0 Å². The van der Waals surface area contributed by atoms with Gasteiger partial charge in [0.25, 0.3) is 0 Å². The van der Waals surface area contributed by atoms with Gasteiger partial charge in [0.15, 0.2) is 0 Å². The van der Waals surface area contributed by atoms with Gasteiger partial charge >= 0.3 is 6.03 Å². The molecule has 2 fully saturated rings. The molecule has 0 aromatic heterocycles. The van der Waals surface area contributed by atoms with Gasteiger partial charge in [-0.15, -0.1) is 0 Å². The summed E-state index contributed by atoms with van der Waals surface area (Å²) in [6.45, 7) is 5.16. The fourth-order valence-corrected chi connectivity index (χ4v) is 4.85. The van der Waals surface area contributed by atoms with Gasteiger partial charge in [-0.2, -0.15) is 5.26 Å². The van der Waals surface area contributed by atoms with Crippen LogP contribution in [0.2, 0.25) is 0 Å². The molecular formula is C22H32N4O2. The number of methoxy groups -OCH3 is 1. The van der Waals surface area contributed by atoms with Crippen molar-refractivity contribution < 1.29 is 9.53 Å². The number of rotatable bonds is 6. The number of hydrogen-bond donors (Lipinski definition) is 1. The first-order chi connectivity index (χ1) is 13.3. The lowest BCUT2D eigenvalue weighted by molar-refractivity contribution is 0.00563. The van der Waals surface area contributed by atoms with Crippen LogP contribution in [0.4, 0.5) is 4.79 Å². The maximum Gasteiger partial charge on any atom is 0.322 e. The van der Waals surface area contributed by atoms with Crippen LogP contribution in [-0.2, 0) is 10.3 Å². The van der Waals surface area contributed by atoms with Crippen molar-refractivity contribution in [3.05, 3.63) is 35.9 Å². The molecule has 0 radical (unpaired) electrons. The van der Waals surface area contributed by atoms with Crippen LogP contribution in [0.15, 0.2) is 30.3 Å². The maximum absolute atomic E-state index is 13.1. The van der Waals surface area contributed by atoms with Crippen molar-refractivity contribution in [1.82, 2.24) is 15.1 Å². The Balaban J connectivity index is 1.83. The summed E-state index contributed by atoms with van der Waals surface area (Å²) in [5.74, 6) is 0. The monoisotopic (exact) mass is 384 g/mol. The molecule has 1 N–H and O–H groups in total. The van der Waals surface area contributed by atoms with E-state index in [1.165, 1.54) is 5.56 Å². The number of carbonyl (C=O) groups excluding carboxylic acids is 1. The molecule has 1 heterocycles. The number of benzene rings is 1. The summed E-state index contributed by atoms with van der Waals surface area (Å²) in [6.07, 6.45) is 3.72. The van der Waals surface area contributed by atoms with Gasteiger partial charge in [0.05, 0.1) is 17.0 Å². The quantitative estimate of drug-likeness (QED) is 0.817. The van der Waals surface area contributed by atoms with Crippen LogP contribution >= 0.6 is 0 Å². The third-order valence-corrected chi connectivity index (χ3v) is 6.55. The van der Waals surface area contributed by atoms with Gasteiger partial charge in [0.1, 0.15) is 6.73 Å². The molecule has 1 saturated carbocycles. The number of urea groups is 1. The van der Waals surface area contributed by atoms with Gasteiger partial charge in [-0.3, -0.25) is 4.90 Å². The molecule has 1 aromatic rings. The Morgan fingerprint density at radius 2 is 1.86 bits per heavy atom. The average Bonchev–Trinajstić information content (AvgIpc) is 2.95. The summed E-state index contributed by atoms with van der Waals surface area (Å²) in [7, 11) is 3.66. The first-order valence-electron chi connectivity index (χ1n) is 10.0. The molecule has 0 atom stereocenters. The van der Waals surface area contributed by atoms with Gasteiger partial charge in [0, 0.05) is 25.7 Å². The molecule has 152 valence electrons. The average molecular weight is 385 g/mol. The zero-order chi connectivity index (χ0) is 20.4. The summed E-state index contributed by atoms with van der Waals surface area (Å²) in [5.41, 5.74) is 0.451. The zero-order valence-electron chi connectivity index (χ0n) is 17.5. The number of amides is 2. The molecule has 1 aliphatic carbocycles.